The Balaban J connectivity index is 2.23. The number of halogens is 1. The predicted octanol–water partition coefficient (Wildman–Crippen LogP) is 3.21. The highest BCUT2D eigenvalue weighted by Crippen LogP contribution is 2.23. The van der Waals surface area contributed by atoms with E-state index in [1.807, 2.05) is 13.8 Å². The van der Waals surface area contributed by atoms with Crippen LogP contribution < -0.4 is 10.5 Å². The highest BCUT2D eigenvalue weighted by molar-refractivity contribution is 6.08. The van der Waals surface area contributed by atoms with Gasteiger partial charge in [-0.15, -0.1) is 0 Å². The van der Waals surface area contributed by atoms with Gasteiger partial charge in [-0.2, -0.15) is 4.99 Å². The second-order valence-electron chi connectivity index (χ2n) is 7.91. The summed E-state index contributed by atoms with van der Waals surface area (Å²) in [5.74, 6) is -1.36. The summed E-state index contributed by atoms with van der Waals surface area (Å²) in [6.07, 6.45) is -0.0891. The van der Waals surface area contributed by atoms with E-state index in [1.165, 1.54) is 18.2 Å². The van der Waals surface area contributed by atoms with Gasteiger partial charge in [-0.25, -0.2) is 4.39 Å². The Labute approximate surface area is 192 Å². The lowest BCUT2D eigenvalue weighted by Gasteiger charge is -2.16. The summed E-state index contributed by atoms with van der Waals surface area (Å²) in [7, 11) is 3.25. The smallest absolute Gasteiger partial charge is 0.304 e. The van der Waals surface area contributed by atoms with Crippen LogP contribution >= 0.6 is 0 Å². The summed E-state index contributed by atoms with van der Waals surface area (Å²) >= 11 is 0. The second-order valence-corrected chi connectivity index (χ2v) is 7.91. The van der Waals surface area contributed by atoms with E-state index in [-0.39, 0.29) is 38.1 Å². The van der Waals surface area contributed by atoms with Gasteiger partial charge in [-0.05, 0) is 57.3 Å². The topological polar surface area (TPSA) is 114 Å². The molecule has 2 rings (SSSR count). The van der Waals surface area contributed by atoms with E-state index in [0.717, 1.165) is 0 Å². The van der Waals surface area contributed by atoms with E-state index in [0.29, 0.717) is 28.0 Å². The highest BCUT2D eigenvalue weighted by Gasteiger charge is 2.14. The van der Waals surface area contributed by atoms with Gasteiger partial charge < -0.3 is 25.2 Å². The van der Waals surface area contributed by atoms with Crippen molar-refractivity contribution in [2.45, 2.75) is 39.5 Å². The van der Waals surface area contributed by atoms with Crippen molar-refractivity contribution >= 4 is 17.7 Å². The molecule has 9 heteroatoms. The van der Waals surface area contributed by atoms with E-state index in [1.54, 1.807) is 37.3 Å². The number of carboxylic acid groups (broad SMARTS) is 1. The number of aliphatic imine (C=N–C) groups is 1. The predicted molar refractivity (Wildman–Crippen MR) is 123 cm³/mol. The van der Waals surface area contributed by atoms with Gasteiger partial charge in [0.05, 0.1) is 19.1 Å². The Morgan fingerprint density at radius 3 is 2.45 bits per heavy atom. The average Bonchev–Trinajstić information content (AvgIpc) is 2.74. The Morgan fingerprint density at radius 2 is 1.82 bits per heavy atom. The highest BCUT2D eigenvalue weighted by atomic mass is 19.1. The molecule has 0 aliphatic rings. The monoisotopic (exact) mass is 459 g/mol. The van der Waals surface area contributed by atoms with Crippen molar-refractivity contribution in [1.82, 2.24) is 4.90 Å². The number of aliphatic carboxylic acids is 1. The number of benzene rings is 2. The molecule has 0 aliphatic carbocycles. The van der Waals surface area contributed by atoms with E-state index >= 15 is 0 Å². The van der Waals surface area contributed by atoms with Gasteiger partial charge in [-0.1, -0.05) is 0 Å². The fourth-order valence-electron chi connectivity index (χ4n) is 3.10. The molecule has 0 spiro atoms. The maximum Gasteiger partial charge on any atom is 0.304 e. The quantitative estimate of drug-likeness (QED) is 0.392. The maximum absolute atomic E-state index is 14.3. The zero-order valence-corrected chi connectivity index (χ0v) is 19.3. The molecule has 2 aromatic carbocycles. The Hall–Kier alpha value is -3.30. The number of carbonyl (C=O) groups is 2. The number of ether oxygens (including phenoxy) is 2. The SMILES string of the molecule is COCc1cc(C(=O)N=C(N)c2ccc(F)c(CN(C)CCC(=O)O)c2)ccc1OC(C)C. The third-order valence-electron chi connectivity index (χ3n) is 4.68. The lowest BCUT2D eigenvalue weighted by molar-refractivity contribution is -0.137. The number of methoxy groups -OCH3 is 1. The molecule has 0 aromatic heterocycles. The number of hydrogen-bond acceptors (Lipinski definition) is 5. The third-order valence-corrected chi connectivity index (χ3v) is 4.68. The van der Waals surface area contributed by atoms with Crippen LogP contribution in [0.4, 0.5) is 4.39 Å². The summed E-state index contributed by atoms with van der Waals surface area (Å²) in [6.45, 7) is 4.52. The maximum atomic E-state index is 14.3. The molecule has 0 aliphatic heterocycles. The number of hydrogen-bond donors (Lipinski definition) is 2. The van der Waals surface area contributed by atoms with Gasteiger partial charge in [0.1, 0.15) is 17.4 Å². The van der Waals surface area contributed by atoms with Gasteiger partial charge in [0.15, 0.2) is 0 Å². The zero-order valence-electron chi connectivity index (χ0n) is 19.3. The number of nitrogens with zero attached hydrogens (tertiary/aromatic N) is 2. The molecule has 0 unspecified atom stereocenters. The van der Waals surface area contributed by atoms with Crippen molar-refractivity contribution in [3.8, 4) is 5.75 Å². The summed E-state index contributed by atoms with van der Waals surface area (Å²) in [6, 6.07) is 9.14. The number of amidine groups is 1. The molecule has 0 bridgehead atoms. The van der Waals surface area contributed by atoms with Crippen LogP contribution in [0.1, 0.15) is 47.3 Å². The molecule has 2 aromatic rings. The van der Waals surface area contributed by atoms with Crippen molar-refractivity contribution in [3.05, 3.63) is 64.5 Å². The minimum Gasteiger partial charge on any atom is -0.491 e. The van der Waals surface area contributed by atoms with Crippen molar-refractivity contribution < 1.29 is 28.6 Å². The number of rotatable bonds is 11. The standard InChI is InChI=1S/C24H30FN3O5/c1-15(2)33-21-8-6-17(12-19(21)14-32-4)24(31)27-23(26)16-5-7-20(25)18(11-16)13-28(3)10-9-22(29)30/h5-8,11-12,15H,9-10,13-14H2,1-4H3,(H,29,30)(H2,26,27,31). The van der Waals surface area contributed by atoms with Crippen molar-refractivity contribution in [2.75, 3.05) is 20.7 Å². The molecule has 3 N–H and O–H groups in total. The molecule has 0 saturated heterocycles. The minimum absolute atomic E-state index is 0.0355. The molecule has 0 fully saturated rings. The van der Waals surface area contributed by atoms with Gasteiger partial charge in [0.2, 0.25) is 0 Å². The van der Waals surface area contributed by atoms with Crippen molar-refractivity contribution in [2.24, 2.45) is 10.7 Å². The van der Waals surface area contributed by atoms with Crippen LogP contribution in [0.15, 0.2) is 41.4 Å². The molecular formula is C24H30FN3O5. The first kappa shape index (κ1) is 26.0. The van der Waals surface area contributed by atoms with E-state index in [2.05, 4.69) is 4.99 Å². The first-order valence-corrected chi connectivity index (χ1v) is 10.5. The first-order valence-electron chi connectivity index (χ1n) is 10.5. The Kier molecular flexibility index (Phi) is 9.50. The van der Waals surface area contributed by atoms with E-state index in [4.69, 9.17) is 20.3 Å². The van der Waals surface area contributed by atoms with Crippen LogP contribution in [0.5, 0.6) is 5.75 Å². The molecule has 1 amide bonds. The van der Waals surface area contributed by atoms with E-state index in [9.17, 15) is 14.0 Å². The molecule has 0 saturated carbocycles. The Morgan fingerprint density at radius 1 is 1.15 bits per heavy atom. The number of carbonyl (C=O) groups excluding carboxylic acids is 1. The largest absolute Gasteiger partial charge is 0.491 e. The lowest BCUT2D eigenvalue weighted by Crippen LogP contribution is -2.22. The van der Waals surface area contributed by atoms with Crippen LogP contribution in [-0.2, 0) is 22.7 Å². The fraction of sp³-hybridized carbons (Fsp3) is 0.375. The second kappa shape index (κ2) is 12.1. The van der Waals surface area contributed by atoms with Gasteiger partial charge in [-0.3, -0.25) is 9.59 Å². The van der Waals surface area contributed by atoms with Crippen LogP contribution in [0.25, 0.3) is 0 Å². The van der Waals surface area contributed by atoms with Crippen LogP contribution in [0.3, 0.4) is 0 Å². The zero-order chi connectivity index (χ0) is 24.5. The molecule has 0 heterocycles. The van der Waals surface area contributed by atoms with Crippen LogP contribution in [0, 0.1) is 5.82 Å². The van der Waals surface area contributed by atoms with Gasteiger partial charge >= 0.3 is 5.97 Å². The third kappa shape index (κ3) is 7.96. The van der Waals surface area contributed by atoms with Gasteiger partial charge in [0, 0.05) is 42.5 Å². The summed E-state index contributed by atoms with van der Waals surface area (Å²) < 4.78 is 25.2. The van der Waals surface area contributed by atoms with Crippen LogP contribution in [0.2, 0.25) is 0 Å². The van der Waals surface area contributed by atoms with Crippen molar-refractivity contribution in [3.63, 3.8) is 0 Å². The normalized spacial score (nSPS) is 11.8. The molecule has 178 valence electrons. The van der Waals surface area contributed by atoms with Crippen LogP contribution in [-0.4, -0.2) is 54.5 Å². The molecule has 33 heavy (non-hydrogen) atoms. The molecule has 0 radical (unpaired) electrons. The minimum atomic E-state index is -0.927. The Bertz CT molecular complexity index is 1020. The van der Waals surface area contributed by atoms with Crippen molar-refractivity contribution in [1.29, 1.82) is 0 Å². The fourth-order valence-corrected chi connectivity index (χ4v) is 3.10. The summed E-state index contributed by atoms with van der Waals surface area (Å²) in [4.78, 5) is 29.1. The lowest BCUT2D eigenvalue weighted by atomic mass is 10.1. The summed E-state index contributed by atoms with van der Waals surface area (Å²) in [5.41, 5.74) is 7.78. The molecular weight excluding hydrogens is 429 g/mol. The molecule has 8 nitrogen and oxygen atoms in total. The van der Waals surface area contributed by atoms with Gasteiger partial charge in [0.25, 0.3) is 5.91 Å². The summed E-state index contributed by atoms with van der Waals surface area (Å²) in [5, 5.41) is 8.80. The number of amides is 1. The van der Waals surface area contributed by atoms with E-state index < -0.39 is 17.7 Å². The average molecular weight is 460 g/mol. The number of carboxylic acids is 1. The first-order chi connectivity index (χ1) is 15.6. The number of nitrogens with two attached hydrogens (primary N) is 1. The molecule has 0 atom stereocenters.